The van der Waals surface area contributed by atoms with Crippen LogP contribution >= 0.6 is 11.8 Å². The van der Waals surface area contributed by atoms with E-state index in [4.69, 9.17) is 10.4 Å². The second kappa shape index (κ2) is 6.02. The molecule has 0 unspecified atom stereocenters. The van der Waals surface area contributed by atoms with Gasteiger partial charge in [-0.15, -0.1) is 0 Å². The smallest absolute Gasteiger partial charge is 0.337 e. The van der Waals surface area contributed by atoms with E-state index in [0.717, 1.165) is 0 Å². The van der Waals surface area contributed by atoms with Crippen LogP contribution < -0.4 is 0 Å². The Bertz CT molecular complexity index is 753. The highest BCUT2D eigenvalue weighted by Gasteiger charge is 2.14. The van der Waals surface area contributed by atoms with Crippen LogP contribution in [0.1, 0.15) is 15.9 Å². The van der Waals surface area contributed by atoms with Gasteiger partial charge in [0, 0.05) is 17.2 Å². The van der Waals surface area contributed by atoms with Crippen LogP contribution in [0.15, 0.2) is 46.5 Å². The van der Waals surface area contributed by atoms with Gasteiger partial charge >= 0.3 is 5.97 Å². The Hall–Kier alpha value is -2.92. The summed E-state index contributed by atoms with van der Waals surface area (Å²) < 4.78 is 0. The minimum Gasteiger partial charge on any atom is -0.478 e. The Morgan fingerprint density at radius 1 is 1.38 bits per heavy atom. The number of benzene rings is 1. The number of aromatic carboxylic acids is 1. The molecule has 0 radical (unpaired) electrons. The van der Waals surface area contributed by atoms with Crippen molar-refractivity contribution in [3.05, 3.63) is 57.8 Å². The van der Waals surface area contributed by atoms with Crippen molar-refractivity contribution in [2.75, 3.05) is 0 Å². The van der Waals surface area contributed by atoms with E-state index in [1.165, 1.54) is 48.3 Å². The third-order valence-corrected chi connectivity index (χ3v) is 3.43. The molecule has 0 aliphatic rings. The summed E-state index contributed by atoms with van der Waals surface area (Å²) in [7, 11) is 0. The average molecular weight is 301 g/mol. The number of carbonyl (C=O) groups is 1. The zero-order valence-electron chi connectivity index (χ0n) is 10.4. The first-order chi connectivity index (χ1) is 10.0. The molecule has 104 valence electrons. The molecule has 2 aromatic rings. The molecule has 2 rings (SSSR count). The molecule has 1 aromatic carbocycles. The van der Waals surface area contributed by atoms with Crippen molar-refractivity contribution in [1.29, 1.82) is 5.26 Å². The number of nitro groups is 1. The lowest BCUT2D eigenvalue weighted by Gasteiger charge is -2.02. The Labute approximate surface area is 123 Å². The first kappa shape index (κ1) is 14.5. The Balaban J connectivity index is 2.26. The van der Waals surface area contributed by atoms with Gasteiger partial charge in [0.15, 0.2) is 0 Å². The summed E-state index contributed by atoms with van der Waals surface area (Å²) >= 11 is 1.18. The fourth-order valence-electron chi connectivity index (χ4n) is 1.52. The molecule has 0 aliphatic carbocycles. The van der Waals surface area contributed by atoms with Gasteiger partial charge in [-0.1, -0.05) is 11.8 Å². The lowest BCUT2D eigenvalue weighted by molar-refractivity contribution is -0.385. The van der Waals surface area contributed by atoms with Gasteiger partial charge in [-0.05, 0) is 24.3 Å². The predicted octanol–water partition coefficient (Wildman–Crippen LogP) is 2.71. The van der Waals surface area contributed by atoms with E-state index in [9.17, 15) is 14.9 Å². The van der Waals surface area contributed by atoms with Gasteiger partial charge in [0.2, 0.25) is 0 Å². The molecule has 21 heavy (non-hydrogen) atoms. The van der Waals surface area contributed by atoms with Crippen molar-refractivity contribution in [2.45, 2.75) is 9.92 Å². The summed E-state index contributed by atoms with van der Waals surface area (Å²) in [5.74, 6) is -1.07. The van der Waals surface area contributed by atoms with E-state index < -0.39 is 10.9 Å². The third kappa shape index (κ3) is 3.34. The van der Waals surface area contributed by atoms with Crippen molar-refractivity contribution in [2.24, 2.45) is 0 Å². The van der Waals surface area contributed by atoms with E-state index in [2.05, 4.69) is 4.98 Å². The van der Waals surface area contributed by atoms with E-state index >= 15 is 0 Å². The highest BCUT2D eigenvalue weighted by atomic mass is 32.2. The minimum atomic E-state index is -1.07. The molecule has 0 saturated carbocycles. The zero-order chi connectivity index (χ0) is 15.4. The number of pyridine rings is 1. The van der Waals surface area contributed by atoms with Crippen LogP contribution in [0.25, 0.3) is 0 Å². The molecule has 0 amide bonds. The number of carboxylic acids is 1. The van der Waals surface area contributed by atoms with Crippen LogP contribution in [0.3, 0.4) is 0 Å². The topological polar surface area (TPSA) is 117 Å². The molecule has 0 spiro atoms. The van der Waals surface area contributed by atoms with Gasteiger partial charge < -0.3 is 5.11 Å². The number of nitrogens with zero attached hydrogens (tertiary/aromatic N) is 3. The van der Waals surface area contributed by atoms with Crippen LogP contribution in [-0.2, 0) is 0 Å². The molecule has 1 heterocycles. The van der Waals surface area contributed by atoms with Gasteiger partial charge in [-0.3, -0.25) is 10.1 Å². The predicted molar refractivity (Wildman–Crippen MR) is 73.1 cm³/mol. The van der Waals surface area contributed by atoms with Crippen LogP contribution in [0.2, 0.25) is 0 Å². The highest BCUT2D eigenvalue weighted by Crippen LogP contribution is 2.29. The number of aromatic nitrogens is 1. The fraction of sp³-hybridized carbons (Fsp3) is 0. The lowest BCUT2D eigenvalue weighted by Crippen LogP contribution is -1.96. The van der Waals surface area contributed by atoms with Gasteiger partial charge in [0.25, 0.3) is 5.69 Å². The summed E-state index contributed by atoms with van der Waals surface area (Å²) in [5, 5.41) is 28.9. The Morgan fingerprint density at radius 2 is 2.14 bits per heavy atom. The highest BCUT2D eigenvalue weighted by molar-refractivity contribution is 7.99. The molecule has 0 fully saturated rings. The maximum Gasteiger partial charge on any atom is 0.337 e. The maximum absolute atomic E-state index is 10.7. The molecule has 0 bridgehead atoms. The second-order valence-corrected chi connectivity index (χ2v) is 4.93. The Kier molecular flexibility index (Phi) is 4.15. The number of hydrogen-bond donors (Lipinski definition) is 1. The second-order valence-electron chi connectivity index (χ2n) is 3.84. The third-order valence-electron chi connectivity index (χ3n) is 2.49. The van der Waals surface area contributed by atoms with E-state index in [-0.39, 0.29) is 16.8 Å². The lowest BCUT2D eigenvalue weighted by atomic mass is 10.2. The quantitative estimate of drug-likeness (QED) is 0.681. The summed E-state index contributed by atoms with van der Waals surface area (Å²) in [6.45, 7) is 0. The number of rotatable bonds is 4. The molecule has 0 atom stereocenters. The SMILES string of the molecule is N#Cc1cc(Sc2ccc(C(=O)O)cn2)ccc1[N+](=O)[O-]. The molecule has 1 N–H and O–H groups in total. The maximum atomic E-state index is 10.7. The van der Waals surface area contributed by atoms with Crippen LogP contribution in [0.4, 0.5) is 5.69 Å². The van der Waals surface area contributed by atoms with Crippen molar-refractivity contribution in [3.63, 3.8) is 0 Å². The van der Waals surface area contributed by atoms with Crippen LogP contribution in [-0.4, -0.2) is 21.0 Å². The van der Waals surface area contributed by atoms with Crippen molar-refractivity contribution >= 4 is 23.4 Å². The normalized spacial score (nSPS) is 9.86. The van der Waals surface area contributed by atoms with Gasteiger partial charge in [0.1, 0.15) is 16.7 Å². The molecule has 8 heteroatoms. The van der Waals surface area contributed by atoms with Crippen LogP contribution in [0.5, 0.6) is 0 Å². The first-order valence-corrected chi connectivity index (χ1v) is 6.38. The van der Waals surface area contributed by atoms with Crippen molar-refractivity contribution < 1.29 is 14.8 Å². The van der Waals surface area contributed by atoms with Gasteiger partial charge in [-0.2, -0.15) is 5.26 Å². The van der Waals surface area contributed by atoms with E-state index in [1.807, 2.05) is 0 Å². The minimum absolute atomic E-state index is 0.0350. The first-order valence-electron chi connectivity index (χ1n) is 5.57. The monoisotopic (exact) mass is 301 g/mol. The van der Waals surface area contributed by atoms with E-state index in [0.29, 0.717) is 9.92 Å². The molecular formula is C13H7N3O4S. The van der Waals surface area contributed by atoms with E-state index in [1.54, 1.807) is 6.07 Å². The van der Waals surface area contributed by atoms with Crippen LogP contribution in [0, 0.1) is 21.4 Å². The number of nitriles is 1. The van der Waals surface area contributed by atoms with Crippen molar-refractivity contribution in [1.82, 2.24) is 4.98 Å². The molecule has 7 nitrogen and oxygen atoms in total. The summed E-state index contributed by atoms with van der Waals surface area (Å²) in [4.78, 5) is 25.4. The Morgan fingerprint density at radius 3 is 2.67 bits per heavy atom. The van der Waals surface area contributed by atoms with Gasteiger partial charge in [-0.25, -0.2) is 9.78 Å². The van der Waals surface area contributed by atoms with Crippen molar-refractivity contribution in [3.8, 4) is 6.07 Å². The number of nitro benzene ring substituents is 1. The standard InChI is InChI=1S/C13H7N3O4S/c14-6-9-5-10(2-3-11(9)16(19)20)21-12-4-1-8(7-15-12)13(17)18/h1-5,7H,(H,17,18). The summed E-state index contributed by atoms with van der Waals surface area (Å²) in [6, 6.07) is 8.88. The number of hydrogen-bond acceptors (Lipinski definition) is 6. The average Bonchev–Trinajstić information content (AvgIpc) is 2.47. The molecule has 1 aromatic heterocycles. The number of carboxylic acid groups (broad SMARTS) is 1. The zero-order valence-corrected chi connectivity index (χ0v) is 11.2. The molecular weight excluding hydrogens is 294 g/mol. The fourth-order valence-corrected chi connectivity index (χ4v) is 2.31. The summed E-state index contributed by atoms with van der Waals surface area (Å²) in [5.41, 5.74) is -0.219. The van der Waals surface area contributed by atoms with Gasteiger partial charge in [0.05, 0.1) is 10.5 Å². The molecule has 0 aliphatic heterocycles. The summed E-state index contributed by atoms with van der Waals surface area (Å²) in [6.07, 6.45) is 1.22. The molecule has 0 saturated heterocycles. The largest absolute Gasteiger partial charge is 0.478 e.